The lowest BCUT2D eigenvalue weighted by atomic mass is 10.0. The first-order valence-electron chi connectivity index (χ1n) is 11.5. The number of para-hydroxylation sites is 1. The molecule has 2 heterocycles. The Hall–Kier alpha value is -2.84. The van der Waals surface area contributed by atoms with Gasteiger partial charge in [-0.2, -0.15) is 0 Å². The number of hydrogen-bond donors (Lipinski definition) is 0. The average Bonchev–Trinajstić information content (AvgIpc) is 3.33. The first kappa shape index (κ1) is 25.3. The molecular formula is C27H27ClFN3O2S. The van der Waals surface area contributed by atoms with Crippen LogP contribution in [0.3, 0.4) is 0 Å². The summed E-state index contributed by atoms with van der Waals surface area (Å²) < 4.78 is 20.5. The number of anilines is 1. The second-order valence-corrected chi connectivity index (χ2v) is 9.30. The molecule has 1 amide bonds. The first-order chi connectivity index (χ1) is 16.7. The van der Waals surface area contributed by atoms with Crippen LogP contribution < -0.4 is 4.90 Å². The highest BCUT2D eigenvalue weighted by atomic mass is 35.5. The fraction of sp³-hybridized carbons (Fsp3) is 0.259. The van der Waals surface area contributed by atoms with Gasteiger partial charge in [0.2, 0.25) is 0 Å². The van der Waals surface area contributed by atoms with Crippen LogP contribution in [0.15, 0.2) is 72.8 Å². The molecule has 1 fully saturated rings. The normalized spacial score (nSPS) is 14.0. The molecule has 0 aliphatic carbocycles. The second-order valence-electron chi connectivity index (χ2n) is 8.29. The molecule has 5 nitrogen and oxygen atoms in total. The van der Waals surface area contributed by atoms with Gasteiger partial charge in [0, 0.05) is 31.7 Å². The molecule has 1 aliphatic rings. The van der Waals surface area contributed by atoms with E-state index in [4.69, 9.17) is 4.74 Å². The third-order valence-corrected chi connectivity index (χ3v) is 7.08. The summed E-state index contributed by atoms with van der Waals surface area (Å²) in [6.45, 7) is 4.68. The minimum absolute atomic E-state index is 0. The fourth-order valence-corrected chi connectivity index (χ4v) is 5.18. The van der Waals surface area contributed by atoms with Crippen LogP contribution in [0.2, 0.25) is 0 Å². The van der Waals surface area contributed by atoms with Crippen LogP contribution in [-0.4, -0.2) is 55.2 Å². The summed E-state index contributed by atoms with van der Waals surface area (Å²) in [7, 11) is 0. The predicted octanol–water partition coefficient (Wildman–Crippen LogP) is 5.89. The standard InChI is InChI=1S/C27H26FN3O2S.ClH/c28-23-8-4-9-24-25(23)29-27(34-24)31(15-5-14-30-16-18-33-19-17-30)26(32)22-12-10-21(11-13-22)20-6-2-1-3-7-20;/h1-4,6-13H,5,14-19H2;1H. The van der Waals surface area contributed by atoms with Crippen molar-refractivity contribution >= 4 is 45.0 Å². The van der Waals surface area contributed by atoms with Crippen molar-refractivity contribution in [2.24, 2.45) is 0 Å². The molecule has 8 heteroatoms. The van der Waals surface area contributed by atoms with Crippen LogP contribution in [0.5, 0.6) is 0 Å². The maximum absolute atomic E-state index is 14.3. The van der Waals surface area contributed by atoms with Gasteiger partial charge in [0.25, 0.3) is 5.91 Å². The van der Waals surface area contributed by atoms with Crippen molar-refractivity contribution < 1.29 is 13.9 Å². The van der Waals surface area contributed by atoms with Gasteiger partial charge < -0.3 is 4.74 Å². The van der Waals surface area contributed by atoms with Crippen LogP contribution in [-0.2, 0) is 4.74 Å². The van der Waals surface area contributed by atoms with E-state index < -0.39 is 0 Å². The molecule has 4 aromatic rings. The van der Waals surface area contributed by atoms with E-state index in [-0.39, 0.29) is 24.1 Å². The highest BCUT2D eigenvalue weighted by molar-refractivity contribution is 7.22. The van der Waals surface area contributed by atoms with Crippen LogP contribution in [0.25, 0.3) is 21.3 Å². The third kappa shape index (κ3) is 5.87. The Balaban J connectivity index is 0.00000289. The lowest BCUT2D eigenvalue weighted by molar-refractivity contribution is 0.0376. The number of rotatable bonds is 7. The number of ether oxygens (including phenoxy) is 1. The topological polar surface area (TPSA) is 45.7 Å². The molecule has 1 aliphatic heterocycles. The Kier molecular flexibility index (Phi) is 8.46. The molecule has 0 unspecified atom stereocenters. The monoisotopic (exact) mass is 511 g/mol. The van der Waals surface area contributed by atoms with E-state index in [0.29, 0.717) is 22.8 Å². The zero-order valence-electron chi connectivity index (χ0n) is 19.2. The SMILES string of the molecule is Cl.O=C(c1ccc(-c2ccccc2)cc1)N(CCCN1CCOCC1)c1nc2c(F)cccc2s1. The maximum atomic E-state index is 14.3. The zero-order valence-corrected chi connectivity index (χ0v) is 20.9. The quantitative estimate of drug-likeness (QED) is 0.310. The summed E-state index contributed by atoms with van der Waals surface area (Å²) >= 11 is 1.35. The molecule has 0 radical (unpaired) electrons. The molecule has 0 bridgehead atoms. The van der Waals surface area contributed by atoms with Crippen molar-refractivity contribution in [1.29, 1.82) is 0 Å². The fourth-order valence-electron chi connectivity index (χ4n) is 4.17. The van der Waals surface area contributed by atoms with Crippen LogP contribution >= 0.6 is 23.7 Å². The number of aromatic nitrogens is 1. The molecule has 1 aromatic heterocycles. The molecule has 0 atom stereocenters. The van der Waals surface area contributed by atoms with Gasteiger partial charge in [-0.3, -0.25) is 14.6 Å². The molecular weight excluding hydrogens is 485 g/mol. The van der Waals surface area contributed by atoms with Crippen LogP contribution in [0.4, 0.5) is 9.52 Å². The smallest absolute Gasteiger partial charge is 0.260 e. The Bertz CT molecular complexity index is 1260. The Morgan fingerprint density at radius 3 is 2.40 bits per heavy atom. The van der Waals surface area contributed by atoms with Crippen LogP contribution in [0, 0.1) is 5.82 Å². The summed E-state index contributed by atoms with van der Waals surface area (Å²) in [6.07, 6.45) is 0.798. The number of morpholine rings is 1. The van der Waals surface area contributed by atoms with E-state index in [1.54, 1.807) is 11.0 Å². The summed E-state index contributed by atoms with van der Waals surface area (Å²) in [6, 6.07) is 22.6. The molecule has 0 saturated carbocycles. The minimum atomic E-state index is -0.368. The minimum Gasteiger partial charge on any atom is -0.379 e. The highest BCUT2D eigenvalue weighted by Gasteiger charge is 2.22. The van der Waals surface area contributed by atoms with Gasteiger partial charge in [0.15, 0.2) is 5.13 Å². The van der Waals surface area contributed by atoms with Crippen molar-refractivity contribution in [2.75, 3.05) is 44.3 Å². The number of fused-ring (bicyclic) bond motifs is 1. The van der Waals surface area contributed by atoms with E-state index in [0.717, 1.165) is 55.1 Å². The predicted molar refractivity (Wildman–Crippen MR) is 142 cm³/mol. The van der Waals surface area contributed by atoms with Crippen molar-refractivity contribution in [3.05, 3.63) is 84.2 Å². The molecule has 3 aromatic carbocycles. The van der Waals surface area contributed by atoms with Crippen molar-refractivity contribution in [2.45, 2.75) is 6.42 Å². The van der Waals surface area contributed by atoms with Gasteiger partial charge in [-0.15, -0.1) is 12.4 Å². The van der Waals surface area contributed by atoms with Gasteiger partial charge in [0.1, 0.15) is 11.3 Å². The number of benzene rings is 3. The Morgan fingerprint density at radius 2 is 1.69 bits per heavy atom. The summed E-state index contributed by atoms with van der Waals surface area (Å²) in [5.74, 6) is -0.492. The Labute approximate surface area is 214 Å². The number of carbonyl (C=O) groups is 1. The maximum Gasteiger partial charge on any atom is 0.260 e. The van der Waals surface area contributed by atoms with E-state index in [2.05, 4.69) is 9.88 Å². The van der Waals surface area contributed by atoms with Crippen molar-refractivity contribution in [3.8, 4) is 11.1 Å². The Morgan fingerprint density at radius 1 is 0.971 bits per heavy atom. The average molecular weight is 512 g/mol. The number of amides is 1. The number of hydrogen-bond acceptors (Lipinski definition) is 5. The lowest BCUT2D eigenvalue weighted by Crippen LogP contribution is -2.39. The number of thiazole rings is 1. The van der Waals surface area contributed by atoms with Crippen molar-refractivity contribution in [1.82, 2.24) is 9.88 Å². The number of carbonyl (C=O) groups excluding carboxylic acids is 1. The highest BCUT2D eigenvalue weighted by Crippen LogP contribution is 2.31. The van der Waals surface area contributed by atoms with Gasteiger partial charge in [0.05, 0.1) is 17.9 Å². The molecule has 5 rings (SSSR count). The molecule has 35 heavy (non-hydrogen) atoms. The van der Waals surface area contributed by atoms with E-state index in [1.165, 1.54) is 17.4 Å². The van der Waals surface area contributed by atoms with Gasteiger partial charge in [-0.05, 0) is 41.8 Å². The second kappa shape index (κ2) is 11.7. The van der Waals surface area contributed by atoms with Gasteiger partial charge in [-0.1, -0.05) is 59.9 Å². The summed E-state index contributed by atoms with van der Waals surface area (Å²) in [5.41, 5.74) is 3.06. The summed E-state index contributed by atoms with van der Waals surface area (Å²) in [4.78, 5) is 22.1. The van der Waals surface area contributed by atoms with E-state index in [9.17, 15) is 9.18 Å². The van der Waals surface area contributed by atoms with Gasteiger partial charge >= 0.3 is 0 Å². The molecule has 0 spiro atoms. The summed E-state index contributed by atoms with van der Waals surface area (Å²) in [5, 5.41) is 0.527. The first-order valence-corrected chi connectivity index (χ1v) is 12.3. The van der Waals surface area contributed by atoms with Crippen LogP contribution in [0.1, 0.15) is 16.8 Å². The molecule has 0 N–H and O–H groups in total. The molecule has 182 valence electrons. The largest absolute Gasteiger partial charge is 0.379 e. The lowest BCUT2D eigenvalue weighted by Gasteiger charge is -2.27. The van der Waals surface area contributed by atoms with Gasteiger partial charge in [-0.25, -0.2) is 9.37 Å². The number of nitrogens with zero attached hydrogens (tertiary/aromatic N) is 3. The molecule has 1 saturated heterocycles. The van der Waals surface area contributed by atoms with E-state index in [1.807, 2.05) is 60.7 Å². The van der Waals surface area contributed by atoms with Crippen molar-refractivity contribution in [3.63, 3.8) is 0 Å². The number of halogens is 2. The third-order valence-electron chi connectivity index (χ3n) is 6.03. The van der Waals surface area contributed by atoms with E-state index >= 15 is 0 Å². The zero-order chi connectivity index (χ0) is 23.3.